The summed E-state index contributed by atoms with van der Waals surface area (Å²) in [5, 5.41) is 4.41. The Morgan fingerprint density at radius 1 is 1.21 bits per heavy atom. The predicted molar refractivity (Wildman–Crippen MR) is 116 cm³/mol. The van der Waals surface area contributed by atoms with Gasteiger partial charge in [0.05, 0.1) is 17.9 Å². The van der Waals surface area contributed by atoms with Gasteiger partial charge in [-0.2, -0.15) is 5.10 Å². The van der Waals surface area contributed by atoms with E-state index in [1.54, 1.807) is 15.9 Å². The van der Waals surface area contributed by atoms with E-state index in [1.807, 2.05) is 10.9 Å². The van der Waals surface area contributed by atoms with Crippen molar-refractivity contribution < 1.29 is 23.1 Å². The predicted octanol–water partition coefficient (Wildman–Crippen LogP) is 3.82. The molecule has 5 rings (SSSR count). The van der Waals surface area contributed by atoms with E-state index < -0.39 is 17.3 Å². The fourth-order valence-electron chi connectivity index (χ4n) is 5.14. The summed E-state index contributed by atoms with van der Waals surface area (Å²) in [6.07, 6.45) is 7.68. The first-order valence-corrected chi connectivity index (χ1v) is 11.5. The molecule has 1 aromatic heterocycles. The molecule has 2 atom stereocenters. The number of ether oxygens (including phenoxy) is 1. The normalized spacial score (nSPS) is 27.4. The molecule has 0 bridgehead atoms. The van der Waals surface area contributed by atoms with E-state index in [9.17, 15) is 18.4 Å². The molecule has 4 fully saturated rings. The Morgan fingerprint density at radius 2 is 1.94 bits per heavy atom. The van der Waals surface area contributed by atoms with Crippen LogP contribution in [0.3, 0.4) is 0 Å². The van der Waals surface area contributed by atoms with Gasteiger partial charge in [-0.25, -0.2) is 8.78 Å². The maximum atomic E-state index is 14.0. The van der Waals surface area contributed by atoms with Crippen molar-refractivity contribution in [3.63, 3.8) is 0 Å². The van der Waals surface area contributed by atoms with Crippen LogP contribution in [0.1, 0.15) is 62.0 Å². The molecule has 1 aliphatic carbocycles. The zero-order valence-corrected chi connectivity index (χ0v) is 18.7. The monoisotopic (exact) mass is 458 g/mol. The molecule has 4 heterocycles. The molecule has 3 aliphatic heterocycles. The quantitative estimate of drug-likeness (QED) is 0.629. The van der Waals surface area contributed by atoms with Crippen LogP contribution < -0.4 is 0 Å². The standard InChI is InChI=1S/C24H28F2N4O3/c1-15(13-17(26)14-16(2)25)20-5-6-21-30(20)23(32)24(33-21)8-11-28(12-9-24)22(31)19-7-10-29(27-19)18-3-4-18/h7,10,13-14,18,20-21H,1,3-6,8-9,11-12H2,2H3/b16-14+,17-13+/t20-,21+/m0/s1. The van der Waals surface area contributed by atoms with Crippen molar-refractivity contribution in [2.75, 3.05) is 13.1 Å². The fourth-order valence-corrected chi connectivity index (χ4v) is 5.14. The van der Waals surface area contributed by atoms with Crippen LogP contribution in [0.25, 0.3) is 0 Å². The SMILES string of the molecule is C=C(/C=C(F)\C=C(/C)F)[C@@H]1CC[C@H]2OC3(CCN(C(=O)c4ccn(C5CC5)n4)CC3)C(=O)N21. The molecular formula is C24H28F2N4O3. The summed E-state index contributed by atoms with van der Waals surface area (Å²) in [6.45, 7) is 5.90. The lowest BCUT2D eigenvalue weighted by atomic mass is 9.89. The largest absolute Gasteiger partial charge is 0.342 e. The third kappa shape index (κ3) is 4.03. The third-order valence-electron chi connectivity index (χ3n) is 7.01. The van der Waals surface area contributed by atoms with Gasteiger partial charge < -0.3 is 14.5 Å². The Kier molecular flexibility index (Phi) is 5.47. The number of halogens is 2. The minimum atomic E-state index is -0.967. The maximum Gasteiger partial charge on any atom is 0.274 e. The summed E-state index contributed by atoms with van der Waals surface area (Å²) in [5.74, 6) is -1.63. The van der Waals surface area contributed by atoms with Crippen molar-refractivity contribution in [2.24, 2.45) is 0 Å². The van der Waals surface area contributed by atoms with Gasteiger partial charge in [-0.15, -0.1) is 0 Å². The first kappa shape index (κ1) is 22.0. The Bertz CT molecular complexity index is 1050. The van der Waals surface area contributed by atoms with Crippen molar-refractivity contribution in [1.82, 2.24) is 19.6 Å². The topological polar surface area (TPSA) is 67.7 Å². The summed E-state index contributed by atoms with van der Waals surface area (Å²) in [7, 11) is 0. The number of likely N-dealkylation sites (tertiary alicyclic amines) is 1. The van der Waals surface area contributed by atoms with Crippen molar-refractivity contribution in [3.05, 3.63) is 53.9 Å². The Labute approximate surface area is 191 Å². The average molecular weight is 459 g/mol. The number of hydrogen-bond donors (Lipinski definition) is 0. The highest BCUT2D eigenvalue weighted by molar-refractivity contribution is 5.93. The molecule has 0 N–H and O–H groups in total. The first-order valence-electron chi connectivity index (χ1n) is 11.5. The number of aromatic nitrogens is 2. The summed E-state index contributed by atoms with van der Waals surface area (Å²) < 4.78 is 35.0. The van der Waals surface area contributed by atoms with Crippen LogP contribution in [0.15, 0.2) is 48.2 Å². The van der Waals surface area contributed by atoms with Gasteiger partial charge in [-0.05, 0) is 50.3 Å². The van der Waals surface area contributed by atoms with Gasteiger partial charge >= 0.3 is 0 Å². The van der Waals surface area contributed by atoms with E-state index in [2.05, 4.69) is 11.7 Å². The number of rotatable bonds is 5. The molecule has 1 aromatic rings. The second kappa shape index (κ2) is 8.20. The lowest BCUT2D eigenvalue weighted by Gasteiger charge is -2.37. The number of allylic oxidation sites excluding steroid dienone is 3. The molecule has 0 aromatic carbocycles. The smallest absolute Gasteiger partial charge is 0.274 e. The molecule has 33 heavy (non-hydrogen) atoms. The summed E-state index contributed by atoms with van der Waals surface area (Å²) in [5.41, 5.74) is -0.119. The molecule has 1 spiro atoms. The fraction of sp³-hybridized carbons (Fsp3) is 0.542. The minimum Gasteiger partial charge on any atom is -0.342 e. The number of amides is 2. The number of carbonyl (C=O) groups is 2. The summed E-state index contributed by atoms with van der Waals surface area (Å²) in [4.78, 5) is 29.7. The van der Waals surface area contributed by atoms with Gasteiger partial charge in [0.1, 0.15) is 17.7 Å². The summed E-state index contributed by atoms with van der Waals surface area (Å²) >= 11 is 0. The molecule has 3 saturated heterocycles. The second-order valence-electron chi connectivity index (χ2n) is 9.41. The van der Waals surface area contributed by atoms with Crippen LogP contribution in [0, 0.1) is 0 Å². The molecule has 1 saturated carbocycles. The number of hydrogen-bond acceptors (Lipinski definition) is 4. The van der Waals surface area contributed by atoms with Crippen molar-refractivity contribution >= 4 is 11.8 Å². The molecule has 9 heteroatoms. The van der Waals surface area contributed by atoms with Crippen LogP contribution in [-0.2, 0) is 9.53 Å². The van der Waals surface area contributed by atoms with Crippen molar-refractivity contribution in [1.29, 1.82) is 0 Å². The zero-order chi connectivity index (χ0) is 23.3. The van der Waals surface area contributed by atoms with Gasteiger partial charge in [0, 0.05) is 38.2 Å². The van der Waals surface area contributed by atoms with Crippen LogP contribution >= 0.6 is 0 Å². The highest BCUT2D eigenvalue weighted by Crippen LogP contribution is 2.44. The number of carbonyl (C=O) groups excluding carboxylic acids is 2. The van der Waals surface area contributed by atoms with Crippen molar-refractivity contribution in [2.45, 2.75) is 69.4 Å². The molecule has 2 amide bonds. The lowest BCUT2D eigenvalue weighted by molar-refractivity contribution is -0.142. The van der Waals surface area contributed by atoms with Crippen LogP contribution in [0.2, 0.25) is 0 Å². The van der Waals surface area contributed by atoms with E-state index >= 15 is 0 Å². The Balaban J connectivity index is 1.24. The van der Waals surface area contributed by atoms with Crippen molar-refractivity contribution in [3.8, 4) is 0 Å². The molecule has 4 aliphatic rings. The van der Waals surface area contributed by atoms with Gasteiger partial charge in [-0.3, -0.25) is 14.3 Å². The number of fused-ring (bicyclic) bond motifs is 1. The van der Waals surface area contributed by atoms with Gasteiger partial charge in [-0.1, -0.05) is 6.58 Å². The summed E-state index contributed by atoms with van der Waals surface area (Å²) in [6, 6.07) is 1.78. The molecular weight excluding hydrogens is 430 g/mol. The van der Waals surface area contributed by atoms with Crippen LogP contribution in [0.5, 0.6) is 0 Å². The molecule has 176 valence electrons. The van der Waals surface area contributed by atoms with Gasteiger partial charge in [0.15, 0.2) is 5.60 Å². The molecule has 0 unspecified atom stereocenters. The average Bonchev–Trinajstić information content (AvgIpc) is 3.25. The van der Waals surface area contributed by atoms with E-state index in [1.165, 1.54) is 13.0 Å². The van der Waals surface area contributed by atoms with E-state index in [0.29, 0.717) is 56.1 Å². The lowest BCUT2D eigenvalue weighted by Crippen LogP contribution is -2.52. The van der Waals surface area contributed by atoms with E-state index in [0.717, 1.165) is 18.9 Å². The Hall–Kier alpha value is -2.81. The third-order valence-corrected chi connectivity index (χ3v) is 7.01. The maximum absolute atomic E-state index is 14.0. The zero-order valence-electron chi connectivity index (χ0n) is 18.7. The number of nitrogens with zero attached hydrogens (tertiary/aromatic N) is 4. The molecule has 7 nitrogen and oxygen atoms in total. The Morgan fingerprint density at radius 3 is 2.61 bits per heavy atom. The van der Waals surface area contributed by atoms with Crippen LogP contribution in [0.4, 0.5) is 8.78 Å². The van der Waals surface area contributed by atoms with Gasteiger partial charge in [0.2, 0.25) is 0 Å². The van der Waals surface area contributed by atoms with Crippen LogP contribution in [-0.4, -0.2) is 62.4 Å². The van der Waals surface area contributed by atoms with E-state index in [-0.39, 0.29) is 24.1 Å². The molecule has 0 radical (unpaired) electrons. The second-order valence-corrected chi connectivity index (χ2v) is 9.41. The van der Waals surface area contributed by atoms with Gasteiger partial charge in [0.25, 0.3) is 11.8 Å². The highest BCUT2D eigenvalue weighted by atomic mass is 19.1. The highest BCUT2D eigenvalue weighted by Gasteiger charge is 2.58. The first-order chi connectivity index (χ1) is 15.8. The number of piperidine rings is 1. The van der Waals surface area contributed by atoms with E-state index in [4.69, 9.17) is 4.74 Å². The minimum absolute atomic E-state index is 0.127.